The fourth-order valence-electron chi connectivity index (χ4n) is 3.79. The molecule has 5 rings (SSSR count). The summed E-state index contributed by atoms with van der Waals surface area (Å²) in [5.41, 5.74) is 2.63. The molecule has 1 N–H and O–H groups in total. The molecule has 0 radical (unpaired) electrons. The van der Waals surface area contributed by atoms with Crippen molar-refractivity contribution in [2.75, 3.05) is 18.4 Å². The Morgan fingerprint density at radius 2 is 2.11 bits per heavy atom. The minimum atomic E-state index is 0.544. The predicted molar refractivity (Wildman–Crippen MR) is 107 cm³/mol. The molecule has 1 aliphatic heterocycles. The van der Waals surface area contributed by atoms with Gasteiger partial charge in [-0.25, -0.2) is 0 Å². The maximum absolute atomic E-state index is 4.72. The second-order valence-corrected chi connectivity index (χ2v) is 7.98. The number of benzene rings is 1. The third-order valence-electron chi connectivity index (χ3n) is 5.05. The van der Waals surface area contributed by atoms with Crippen LogP contribution < -0.4 is 5.32 Å². The highest BCUT2D eigenvalue weighted by atomic mass is 32.1. The lowest BCUT2D eigenvalue weighted by Crippen LogP contribution is -2.30. The van der Waals surface area contributed by atoms with Gasteiger partial charge < -0.3 is 5.32 Å². The first-order valence-electron chi connectivity index (χ1n) is 9.36. The molecule has 0 atom stereocenters. The van der Waals surface area contributed by atoms with Crippen molar-refractivity contribution in [2.24, 2.45) is 0 Å². The molecular formula is C19H21N7S. The van der Waals surface area contributed by atoms with E-state index in [1.807, 2.05) is 6.07 Å². The van der Waals surface area contributed by atoms with Gasteiger partial charge in [0.2, 0.25) is 0 Å². The second-order valence-electron chi connectivity index (χ2n) is 6.90. The largest absolute Gasteiger partial charge is 0.365 e. The van der Waals surface area contributed by atoms with E-state index in [9.17, 15) is 0 Å². The molecule has 3 aromatic heterocycles. The summed E-state index contributed by atoms with van der Waals surface area (Å²) in [6, 6.07) is 10.4. The normalized spacial score (nSPS) is 14.7. The van der Waals surface area contributed by atoms with Crippen LogP contribution in [0.4, 0.5) is 5.82 Å². The van der Waals surface area contributed by atoms with E-state index in [0.717, 1.165) is 43.2 Å². The number of nitrogens with one attached hydrogen (secondary N) is 1. The van der Waals surface area contributed by atoms with Crippen LogP contribution in [0.2, 0.25) is 0 Å². The zero-order valence-corrected chi connectivity index (χ0v) is 16.0. The fraction of sp³-hybridized carbons (Fsp3) is 0.368. The molecule has 1 aromatic carbocycles. The standard InChI is InChI=1S/C19H21N7S/c1-2-9-25-10-8-14-15(12-25)27-18-16(14)17(21-19-22-23-24-26(18)19)20-11-13-6-4-3-5-7-13/h3-7H,2,8-12H2,1H3,(H,20,21,22,24). The summed E-state index contributed by atoms with van der Waals surface area (Å²) in [5.74, 6) is 1.43. The molecule has 4 aromatic rings. The SMILES string of the molecule is CCCN1CCc2c(sc3c2c(NCc2ccccc2)nc2nnnn23)C1. The van der Waals surface area contributed by atoms with Gasteiger partial charge in [0.25, 0.3) is 5.78 Å². The number of tetrazole rings is 1. The predicted octanol–water partition coefficient (Wildman–Crippen LogP) is 3.11. The van der Waals surface area contributed by atoms with Crippen LogP contribution in [-0.2, 0) is 19.5 Å². The molecule has 0 spiro atoms. The van der Waals surface area contributed by atoms with E-state index >= 15 is 0 Å². The van der Waals surface area contributed by atoms with E-state index in [0.29, 0.717) is 5.78 Å². The van der Waals surface area contributed by atoms with Crippen LogP contribution in [0.25, 0.3) is 16.0 Å². The van der Waals surface area contributed by atoms with Crippen molar-refractivity contribution in [1.29, 1.82) is 0 Å². The van der Waals surface area contributed by atoms with Crippen molar-refractivity contribution in [2.45, 2.75) is 32.9 Å². The molecule has 0 saturated heterocycles. The number of thiophene rings is 1. The molecule has 7 nitrogen and oxygen atoms in total. The molecule has 0 unspecified atom stereocenters. The Morgan fingerprint density at radius 1 is 1.22 bits per heavy atom. The number of rotatable bonds is 5. The molecule has 4 heterocycles. The Kier molecular flexibility index (Phi) is 4.21. The van der Waals surface area contributed by atoms with Crippen LogP contribution in [-0.4, -0.2) is 43.0 Å². The summed E-state index contributed by atoms with van der Waals surface area (Å²) in [4.78, 5) is 9.75. The molecule has 27 heavy (non-hydrogen) atoms. The number of anilines is 1. The minimum Gasteiger partial charge on any atom is -0.365 e. The van der Waals surface area contributed by atoms with Crippen molar-refractivity contribution in [3.8, 4) is 0 Å². The molecule has 0 amide bonds. The lowest BCUT2D eigenvalue weighted by Gasteiger charge is -2.26. The number of nitrogens with zero attached hydrogens (tertiary/aromatic N) is 6. The van der Waals surface area contributed by atoms with Crippen molar-refractivity contribution in [1.82, 2.24) is 29.9 Å². The van der Waals surface area contributed by atoms with Crippen LogP contribution in [0.3, 0.4) is 0 Å². The van der Waals surface area contributed by atoms with Crippen LogP contribution in [0.1, 0.15) is 29.3 Å². The van der Waals surface area contributed by atoms with Gasteiger partial charge in [0.15, 0.2) is 0 Å². The Bertz CT molecular complexity index is 1090. The lowest BCUT2D eigenvalue weighted by atomic mass is 10.0. The fourth-order valence-corrected chi connectivity index (χ4v) is 5.13. The van der Waals surface area contributed by atoms with Crippen LogP contribution in [0, 0.1) is 0 Å². The molecule has 0 aliphatic carbocycles. The average molecular weight is 379 g/mol. The van der Waals surface area contributed by atoms with Crippen molar-refractivity contribution < 1.29 is 0 Å². The highest BCUT2D eigenvalue weighted by Crippen LogP contribution is 2.38. The zero-order valence-electron chi connectivity index (χ0n) is 15.2. The van der Waals surface area contributed by atoms with E-state index in [4.69, 9.17) is 4.98 Å². The molecule has 0 saturated carbocycles. The van der Waals surface area contributed by atoms with Crippen molar-refractivity contribution in [3.05, 3.63) is 46.3 Å². The Hall–Kier alpha value is -2.58. The van der Waals surface area contributed by atoms with Gasteiger partial charge >= 0.3 is 0 Å². The molecule has 0 fully saturated rings. The molecule has 8 heteroatoms. The van der Waals surface area contributed by atoms with Crippen LogP contribution in [0.5, 0.6) is 0 Å². The van der Waals surface area contributed by atoms with E-state index in [1.165, 1.54) is 27.8 Å². The molecule has 0 bridgehead atoms. The summed E-state index contributed by atoms with van der Waals surface area (Å²) in [6.45, 7) is 6.21. The van der Waals surface area contributed by atoms with Crippen LogP contribution in [0.15, 0.2) is 30.3 Å². The van der Waals surface area contributed by atoms with Gasteiger partial charge in [0.1, 0.15) is 10.6 Å². The third-order valence-corrected chi connectivity index (χ3v) is 6.25. The van der Waals surface area contributed by atoms with Gasteiger partial charge in [-0.05, 0) is 40.9 Å². The van der Waals surface area contributed by atoms with Gasteiger partial charge in [-0.2, -0.15) is 9.50 Å². The average Bonchev–Trinajstić information content (AvgIpc) is 3.31. The van der Waals surface area contributed by atoms with E-state index in [2.05, 4.69) is 56.9 Å². The topological polar surface area (TPSA) is 71.2 Å². The van der Waals surface area contributed by atoms with Gasteiger partial charge in [-0.3, -0.25) is 4.90 Å². The zero-order chi connectivity index (χ0) is 18.2. The van der Waals surface area contributed by atoms with Gasteiger partial charge in [0.05, 0.1) is 5.39 Å². The summed E-state index contributed by atoms with van der Waals surface area (Å²) in [7, 11) is 0. The van der Waals surface area contributed by atoms with Gasteiger partial charge in [0, 0.05) is 24.5 Å². The van der Waals surface area contributed by atoms with E-state index < -0.39 is 0 Å². The number of aromatic nitrogens is 5. The Morgan fingerprint density at radius 3 is 2.96 bits per heavy atom. The van der Waals surface area contributed by atoms with Gasteiger partial charge in [-0.1, -0.05) is 42.4 Å². The maximum atomic E-state index is 4.72. The van der Waals surface area contributed by atoms with Crippen molar-refractivity contribution in [3.63, 3.8) is 0 Å². The Balaban J connectivity index is 1.59. The first-order valence-corrected chi connectivity index (χ1v) is 10.2. The molecule has 138 valence electrons. The number of fused-ring (bicyclic) bond motifs is 5. The Labute approximate surface area is 161 Å². The van der Waals surface area contributed by atoms with Gasteiger partial charge in [-0.15, -0.1) is 11.3 Å². The lowest BCUT2D eigenvalue weighted by molar-refractivity contribution is 0.258. The summed E-state index contributed by atoms with van der Waals surface area (Å²) >= 11 is 1.80. The summed E-state index contributed by atoms with van der Waals surface area (Å²) in [6.07, 6.45) is 2.23. The first kappa shape index (κ1) is 16.6. The van der Waals surface area contributed by atoms with Crippen LogP contribution >= 0.6 is 11.3 Å². The molecular weight excluding hydrogens is 358 g/mol. The highest BCUT2D eigenvalue weighted by Gasteiger charge is 2.25. The number of hydrogen-bond acceptors (Lipinski definition) is 7. The third kappa shape index (κ3) is 2.94. The minimum absolute atomic E-state index is 0.544. The first-order chi connectivity index (χ1) is 13.3. The second kappa shape index (κ2) is 6.86. The van der Waals surface area contributed by atoms with E-state index in [1.54, 1.807) is 15.9 Å². The quantitative estimate of drug-likeness (QED) is 0.574. The molecule has 1 aliphatic rings. The maximum Gasteiger partial charge on any atom is 0.276 e. The van der Waals surface area contributed by atoms with Crippen molar-refractivity contribution >= 4 is 33.1 Å². The highest BCUT2D eigenvalue weighted by molar-refractivity contribution is 7.19. The number of hydrogen-bond donors (Lipinski definition) is 1. The summed E-state index contributed by atoms with van der Waals surface area (Å²) in [5, 5.41) is 16.8. The van der Waals surface area contributed by atoms with E-state index in [-0.39, 0.29) is 0 Å². The summed E-state index contributed by atoms with van der Waals surface area (Å²) < 4.78 is 1.77. The smallest absolute Gasteiger partial charge is 0.276 e. The monoisotopic (exact) mass is 379 g/mol.